The Kier molecular flexibility index (Phi) is 5.16. The van der Waals surface area contributed by atoms with Crippen molar-refractivity contribution in [3.8, 4) is 0 Å². The summed E-state index contributed by atoms with van der Waals surface area (Å²) in [5, 5.41) is 0. The van der Waals surface area contributed by atoms with Crippen LogP contribution in [0, 0.1) is 20.8 Å². The van der Waals surface area contributed by atoms with Gasteiger partial charge in [0, 0.05) is 19.2 Å². The Hall–Kier alpha value is -2.24. The molecule has 0 saturated carbocycles. The number of nitrogens with zero attached hydrogens (tertiary/aromatic N) is 2. The molecule has 3 rings (SSSR count). The van der Waals surface area contributed by atoms with Gasteiger partial charge in [-0.15, -0.1) is 0 Å². The third kappa shape index (κ3) is 3.72. The van der Waals surface area contributed by atoms with Crippen LogP contribution in [-0.2, 0) is 11.3 Å². The van der Waals surface area contributed by atoms with Crippen molar-refractivity contribution in [1.82, 2.24) is 4.57 Å². The van der Waals surface area contributed by atoms with Crippen LogP contribution < -0.4 is 4.80 Å². The zero-order chi connectivity index (χ0) is 18.0. The molecule has 0 aliphatic heterocycles. The molecule has 2 aromatic carbocycles. The van der Waals surface area contributed by atoms with Crippen molar-refractivity contribution < 1.29 is 9.53 Å². The fourth-order valence-corrected chi connectivity index (χ4v) is 3.87. The van der Waals surface area contributed by atoms with Crippen LogP contribution in [-0.4, -0.2) is 24.2 Å². The Balaban J connectivity index is 2.15. The monoisotopic (exact) mass is 354 g/mol. The van der Waals surface area contributed by atoms with Crippen molar-refractivity contribution in [3.63, 3.8) is 0 Å². The second-order valence-corrected chi connectivity index (χ2v) is 7.23. The molecule has 3 aromatic rings. The van der Waals surface area contributed by atoms with E-state index in [1.807, 2.05) is 25.1 Å². The summed E-state index contributed by atoms with van der Waals surface area (Å²) in [4.78, 5) is 17.7. The van der Waals surface area contributed by atoms with Gasteiger partial charge in [0.2, 0.25) is 0 Å². The zero-order valence-electron chi connectivity index (χ0n) is 15.0. The van der Waals surface area contributed by atoms with E-state index in [4.69, 9.17) is 4.74 Å². The summed E-state index contributed by atoms with van der Waals surface area (Å²) < 4.78 is 8.44. The highest BCUT2D eigenvalue weighted by atomic mass is 32.1. The van der Waals surface area contributed by atoms with Gasteiger partial charge in [-0.3, -0.25) is 4.79 Å². The lowest BCUT2D eigenvalue weighted by molar-refractivity contribution is 0.0997. The fraction of sp³-hybridized carbons (Fsp3) is 0.300. The number of carbonyl (C=O) groups is 1. The van der Waals surface area contributed by atoms with E-state index in [-0.39, 0.29) is 5.91 Å². The first-order valence-electron chi connectivity index (χ1n) is 8.25. The van der Waals surface area contributed by atoms with E-state index < -0.39 is 0 Å². The molecule has 5 heteroatoms. The Morgan fingerprint density at radius 1 is 1.16 bits per heavy atom. The average molecular weight is 354 g/mol. The molecule has 0 radical (unpaired) electrons. The molecule has 1 aromatic heterocycles. The van der Waals surface area contributed by atoms with Crippen LogP contribution >= 0.6 is 11.3 Å². The second-order valence-electron chi connectivity index (χ2n) is 6.22. The van der Waals surface area contributed by atoms with Gasteiger partial charge in [0.15, 0.2) is 4.80 Å². The molecule has 0 unspecified atom stereocenters. The van der Waals surface area contributed by atoms with Gasteiger partial charge < -0.3 is 9.30 Å². The normalized spacial score (nSPS) is 12.1. The molecular weight excluding hydrogens is 332 g/mol. The lowest BCUT2D eigenvalue weighted by Gasteiger charge is -2.06. The third-order valence-corrected chi connectivity index (χ3v) is 5.32. The highest BCUT2D eigenvalue weighted by Crippen LogP contribution is 2.22. The smallest absolute Gasteiger partial charge is 0.279 e. The number of ether oxygens (including phenoxy) is 1. The van der Waals surface area contributed by atoms with E-state index in [1.54, 1.807) is 24.5 Å². The largest absolute Gasteiger partial charge is 0.383 e. The predicted molar refractivity (Wildman–Crippen MR) is 102 cm³/mol. The van der Waals surface area contributed by atoms with Gasteiger partial charge in [-0.1, -0.05) is 29.0 Å². The number of benzene rings is 2. The molecule has 1 amide bonds. The summed E-state index contributed by atoms with van der Waals surface area (Å²) in [5.41, 5.74) is 5.23. The average Bonchev–Trinajstić information content (AvgIpc) is 2.89. The Bertz CT molecular complexity index is 999. The van der Waals surface area contributed by atoms with Crippen LogP contribution in [0.2, 0.25) is 0 Å². The maximum absolute atomic E-state index is 12.6. The van der Waals surface area contributed by atoms with Gasteiger partial charge in [-0.25, -0.2) is 0 Å². The molecule has 0 atom stereocenters. The Morgan fingerprint density at radius 3 is 2.64 bits per heavy atom. The van der Waals surface area contributed by atoms with Crippen molar-refractivity contribution >= 4 is 27.5 Å². The van der Waals surface area contributed by atoms with Crippen molar-refractivity contribution in [3.05, 3.63) is 63.5 Å². The van der Waals surface area contributed by atoms with E-state index in [9.17, 15) is 4.79 Å². The van der Waals surface area contributed by atoms with Crippen molar-refractivity contribution in [2.24, 2.45) is 4.99 Å². The number of carbonyl (C=O) groups excluding carboxylic acids is 1. The van der Waals surface area contributed by atoms with Gasteiger partial charge in [-0.2, -0.15) is 4.99 Å². The van der Waals surface area contributed by atoms with E-state index in [0.29, 0.717) is 23.5 Å². The Labute approximate surface area is 151 Å². The van der Waals surface area contributed by atoms with Crippen LogP contribution in [0.4, 0.5) is 0 Å². The standard InChI is InChI=1S/C20H22N2O2S/c1-13-6-5-7-16(10-13)19(23)21-20-22(8-9-24-4)17-11-14(2)15(3)12-18(17)25-20/h5-7,10-12H,8-9H2,1-4H3. The van der Waals surface area contributed by atoms with Crippen LogP contribution in [0.25, 0.3) is 10.2 Å². The fourth-order valence-electron chi connectivity index (χ4n) is 2.73. The number of methoxy groups -OCH3 is 1. The third-order valence-electron chi connectivity index (χ3n) is 4.28. The number of amides is 1. The maximum atomic E-state index is 12.6. The molecule has 4 nitrogen and oxygen atoms in total. The molecule has 1 heterocycles. The summed E-state index contributed by atoms with van der Waals surface area (Å²) in [7, 11) is 1.68. The lowest BCUT2D eigenvalue weighted by Crippen LogP contribution is -2.19. The molecule has 130 valence electrons. The van der Waals surface area contributed by atoms with Crippen molar-refractivity contribution in [2.45, 2.75) is 27.3 Å². The number of aromatic nitrogens is 1. The van der Waals surface area contributed by atoms with E-state index in [1.165, 1.54) is 11.1 Å². The summed E-state index contributed by atoms with van der Waals surface area (Å²) in [6.45, 7) is 7.41. The summed E-state index contributed by atoms with van der Waals surface area (Å²) in [6, 6.07) is 11.9. The highest BCUT2D eigenvalue weighted by Gasteiger charge is 2.10. The number of hydrogen-bond donors (Lipinski definition) is 0. The molecule has 0 spiro atoms. The number of rotatable bonds is 4. The SMILES string of the molecule is COCCn1c(=NC(=O)c2cccc(C)c2)sc2cc(C)c(C)cc21. The van der Waals surface area contributed by atoms with Crippen molar-refractivity contribution in [2.75, 3.05) is 13.7 Å². The van der Waals surface area contributed by atoms with E-state index in [2.05, 4.69) is 35.5 Å². The van der Waals surface area contributed by atoms with Crippen LogP contribution in [0.15, 0.2) is 41.4 Å². The molecule has 0 aliphatic carbocycles. The minimum Gasteiger partial charge on any atom is -0.383 e. The topological polar surface area (TPSA) is 43.6 Å². The molecule has 0 saturated heterocycles. The molecule has 0 N–H and O–H groups in total. The Morgan fingerprint density at radius 2 is 1.92 bits per heavy atom. The number of aryl methyl sites for hydroxylation is 3. The van der Waals surface area contributed by atoms with Crippen LogP contribution in [0.5, 0.6) is 0 Å². The molecular formula is C20H22N2O2S. The minimum atomic E-state index is -0.213. The van der Waals surface area contributed by atoms with E-state index >= 15 is 0 Å². The predicted octanol–water partition coefficient (Wildman–Crippen LogP) is 4.02. The molecule has 25 heavy (non-hydrogen) atoms. The first-order valence-corrected chi connectivity index (χ1v) is 9.06. The first kappa shape index (κ1) is 17.6. The lowest BCUT2D eigenvalue weighted by atomic mass is 10.1. The zero-order valence-corrected chi connectivity index (χ0v) is 15.8. The number of hydrogen-bond acceptors (Lipinski definition) is 3. The first-order chi connectivity index (χ1) is 12.0. The van der Waals surface area contributed by atoms with Gasteiger partial charge in [-0.05, 0) is 56.2 Å². The summed E-state index contributed by atoms with van der Waals surface area (Å²) in [6.07, 6.45) is 0. The van der Waals surface area contributed by atoms with E-state index in [0.717, 1.165) is 15.8 Å². The highest BCUT2D eigenvalue weighted by molar-refractivity contribution is 7.16. The summed E-state index contributed by atoms with van der Waals surface area (Å²) >= 11 is 1.54. The van der Waals surface area contributed by atoms with Gasteiger partial charge in [0.25, 0.3) is 5.91 Å². The second kappa shape index (κ2) is 7.33. The van der Waals surface area contributed by atoms with Gasteiger partial charge in [0.1, 0.15) is 0 Å². The molecule has 0 fully saturated rings. The van der Waals surface area contributed by atoms with Crippen LogP contribution in [0.1, 0.15) is 27.0 Å². The maximum Gasteiger partial charge on any atom is 0.279 e. The van der Waals surface area contributed by atoms with Gasteiger partial charge >= 0.3 is 0 Å². The number of fused-ring (bicyclic) bond motifs is 1. The minimum absolute atomic E-state index is 0.213. The van der Waals surface area contributed by atoms with Crippen LogP contribution in [0.3, 0.4) is 0 Å². The number of thiazole rings is 1. The molecule has 0 bridgehead atoms. The van der Waals surface area contributed by atoms with Gasteiger partial charge in [0.05, 0.1) is 16.8 Å². The molecule has 0 aliphatic rings. The van der Waals surface area contributed by atoms with Crippen molar-refractivity contribution in [1.29, 1.82) is 0 Å². The summed E-state index contributed by atoms with van der Waals surface area (Å²) in [5.74, 6) is -0.213. The quantitative estimate of drug-likeness (QED) is 0.710.